The normalized spacial score (nSPS) is 12.8. The molecule has 1 aliphatic heterocycles. The minimum absolute atomic E-state index is 0. The van der Waals surface area contributed by atoms with Crippen molar-refractivity contribution in [2.75, 3.05) is 0 Å². The van der Waals surface area contributed by atoms with Crippen LogP contribution in [-0.4, -0.2) is 19.7 Å². The monoisotopic (exact) mass is 313 g/mol. The summed E-state index contributed by atoms with van der Waals surface area (Å²) in [6.45, 7) is 1.59. The molecule has 2 aromatic heterocycles. The van der Waals surface area contributed by atoms with E-state index in [1.165, 1.54) is 0 Å². The lowest BCUT2D eigenvalue weighted by Crippen LogP contribution is -2.01. The van der Waals surface area contributed by atoms with E-state index in [0.717, 1.165) is 47.1 Å². The second kappa shape index (κ2) is 5.87. The van der Waals surface area contributed by atoms with Gasteiger partial charge in [0.05, 0.1) is 11.4 Å². The zero-order valence-corrected chi connectivity index (χ0v) is 13.0. The maximum atomic E-state index is 4.77. The van der Waals surface area contributed by atoms with Crippen LogP contribution in [0.1, 0.15) is 11.3 Å². The Hall–Kier alpha value is -2.24. The number of fused-ring (bicyclic) bond motifs is 1. The van der Waals surface area contributed by atoms with Gasteiger partial charge in [-0.05, 0) is 6.07 Å². The van der Waals surface area contributed by atoms with Gasteiger partial charge in [0.15, 0.2) is 5.82 Å². The van der Waals surface area contributed by atoms with Gasteiger partial charge in [-0.25, -0.2) is 9.97 Å². The van der Waals surface area contributed by atoms with Crippen molar-refractivity contribution in [2.45, 2.75) is 13.1 Å². The van der Waals surface area contributed by atoms with Crippen LogP contribution in [0, 0.1) is 0 Å². The molecule has 0 saturated carbocycles. The van der Waals surface area contributed by atoms with Crippen LogP contribution in [0.4, 0.5) is 0 Å². The Bertz CT molecular complexity index is 798. The summed E-state index contributed by atoms with van der Waals surface area (Å²) in [7, 11) is 1.92. The van der Waals surface area contributed by atoms with Gasteiger partial charge in [0.1, 0.15) is 5.69 Å². The number of benzene rings is 1. The Morgan fingerprint density at radius 2 is 1.86 bits per heavy atom. The molecule has 3 aromatic rings. The van der Waals surface area contributed by atoms with Gasteiger partial charge in [0, 0.05) is 37.5 Å². The molecule has 0 atom stereocenters. The smallest absolute Gasteiger partial charge is 0.160 e. The van der Waals surface area contributed by atoms with Crippen LogP contribution in [-0.2, 0) is 20.1 Å². The van der Waals surface area contributed by atoms with Crippen molar-refractivity contribution in [3.63, 3.8) is 0 Å². The zero-order chi connectivity index (χ0) is 14.2. The van der Waals surface area contributed by atoms with Gasteiger partial charge < -0.3 is 5.32 Å². The predicted octanol–water partition coefficient (Wildman–Crippen LogP) is 2.57. The van der Waals surface area contributed by atoms with Gasteiger partial charge >= 0.3 is 0 Å². The van der Waals surface area contributed by atoms with E-state index >= 15 is 0 Å². The minimum Gasteiger partial charge on any atom is -0.307 e. The number of rotatable bonds is 2. The summed E-state index contributed by atoms with van der Waals surface area (Å²) in [6.07, 6.45) is 1.94. The van der Waals surface area contributed by atoms with Gasteiger partial charge in [-0.2, -0.15) is 5.10 Å². The standard InChI is InChI=1S/C16H15N5.ClH/c1-21-8-7-13(20-21)15-12-9-17-10-14(12)18-16(19-15)11-5-3-2-4-6-11;/h2-8,17H,9-10H2,1H3;1H. The van der Waals surface area contributed by atoms with Crippen molar-refractivity contribution in [2.24, 2.45) is 7.05 Å². The lowest BCUT2D eigenvalue weighted by Gasteiger charge is -2.08. The van der Waals surface area contributed by atoms with E-state index in [4.69, 9.17) is 9.97 Å². The number of nitrogens with one attached hydrogen (secondary N) is 1. The highest BCUT2D eigenvalue weighted by Crippen LogP contribution is 2.28. The van der Waals surface area contributed by atoms with Gasteiger partial charge in [-0.1, -0.05) is 30.3 Å². The third kappa shape index (κ3) is 2.49. The first-order valence-corrected chi connectivity index (χ1v) is 6.97. The summed E-state index contributed by atoms with van der Waals surface area (Å²) in [5.74, 6) is 0.763. The molecule has 0 amide bonds. The first-order chi connectivity index (χ1) is 10.3. The molecule has 6 heteroatoms. The topological polar surface area (TPSA) is 55.6 Å². The van der Waals surface area contributed by atoms with E-state index in [-0.39, 0.29) is 12.4 Å². The molecule has 1 N–H and O–H groups in total. The maximum absolute atomic E-state index is 4.77. The summed E-state index contributed by atoms with van der Waals surface area (Å²) in [4.78, 5) is 9.48. The molecule has 4 rings (SSSR count). The van der Waals surface area contributed by atoms with Crippen molar-refractivity contribution in [1.82, 2.24) is 25.1 Å². The predicted molar refractivity (Wildman–Crippen MR) is 87.5 cm³/mol. The molecule has 0 aliphatic carbocycles. The molecule has 0 spiro atoms. The fourth-order valence-corrected chi connectivity index (χ4v) is 2.64. The van der Waals surface area contributed by atoms with E-state index in [9.17, 15) is 0 Å². The van der Waals surface area contributed by atoms with Crippen LogP contribution in [0.5, 0.6) is 0 Å². The van der Waals surface area contributed by atoms with Crippen molar-refractivity contribution >= 4 is 12.4 Å². The number of hydrogen-bond donors (Lipinski definition) is 1. The molecule has 0 fully saturated rings. The number of nitrogens with zero attached hydrogens (tertiary/aromatic N) is 4. The first-order valence-electron chi connectivity index (χ1n) is 6.97. The maximum Gasteiger partial charge on any atom is 0.160 e. The van der Waals surface area contributed by atoms with Gasteiger partial charge in [0.25, 0.3) is 0 Å². The van der Waals surface area contributed by atoms with Crippen LogP contribution < -0.4 is 5.32 Å². The first kappa shape index (κ1) is 14.7. The molecule has 3 heterocycles. The summed E-state index contributed by atoms with van der Waals surface area (Å²) >= 11 is 0. The quantitative estimate of drug-likeness (QED) is 0.790. The Labute approximate surface area is 134 Å². The highest BCUT2D eigenvalue weighted by Gasteiger charge is 2.21. The van der Waals surface area contributed by atoms with E-state index in [2.05, 4.69) is 10.4 Å². The Balaban J connectivity index is 0.00000144. The Morgan fingerprint density at radius 1 is 1.05 bits per heavy atom. The van der Waals surface area contributed by atoms with E-state index in [1.54, 1.807) is 4.68 Å². The number of hydrogen-bond acceptors (Lipinski definition) is 4. The minimum atomic E-state index is 0. The van der Waals surface area contributed by atoms with Crippen molar-refractivity contribution in [1.29, 1.82) is 0 Å². The third-order valence-corrected chi connectivity index (χ3v) is 3.68. The molecule has 0 bridgehead atoms. The van der Waals surface area contributed by atoms with E-state index < -0.39 is 0 Å². The molecular formula is C16H16ClN5. The lowest BCUT2D eigenvalue weighted by atomic mass is 10.1. The van der Waals surface area contributed by atoms with E-state index in [0.29, 0.717) is 0 Å². The average molecular weight is 314 g/mol. The van der Waals surface area contributed by atoms with Crippen LogP contribution in [0.2, 0.25) is 0 Å². The van der Waals surface area contributed by atoms with Gasteiger partial charge in [0.2, 0.25) is 0 Å². The molecule has 112 valence electrons. The fraction of sp³-hybridized carbons (Fsp3) is 0.188. The van der Waals surface area contributed by atoms with E-state index in [1.807, 2.05) is 49.6 Å². The summed E-state index contributed by atoms with van der Waals surface area (Å²) in [5, 5.41) is 7.84. The Kier molecular flexibility index (Phi) is 3.92. The highest BCUT2D eigenvalue weighted by atomic mass is 35.5. The second-order valence-electron chi connectivity index (χ2n) is 5.17. The van der Waals surface area contributed by atoms with Crippen molar-refractivity contribution in [3.05, 3.63) is 53.9 Å². The molecule has 22 heavy (non-hydrogen) atoms. The summed E-state index contributed by atoms with van der Waals surface area (Å²) < 4.78 is 1.80. The highest BCUT2D eigenvalue weighted by molar-refractivity contribution is 5.85. The van der Waals surface area contributed by atoms with Gasteiger partial charge in [-0.3, -0.25) is 4.68 Å². The molecular weight excluding hydrogens is 298 g/mol. The molecule has 0 radical (unpaired) electrons. The average Bonchev–Trinajstić information content (AvgIpc) is 3.15. The third-order valence-electron chi connectivity index (χ3n) is 3.68. The Morgan fingerprint density at radius 3 is 2.59 bits per heavy atom. The molecule has 5 nitrogen and oxygen atoms in total. The summed E-state index contributed by atoms with van der Waals surface area (Å²) in [5.41, 5.74) is 5.10. The number of aryl methyl sites for hydroxylation is 1. The lowest BCUT2D eigenvalue weighted by molar-refractivity contribution is 0.756. The molecule has 0 unspecified atom stereocenters. The molecule has 0 saturated heterocycles. The van der Waals surface area contributed by atoms with Gasteiger partial charge in [-0.15, -0.1) is 12.4 Å². The summed E-state index contributed by atoms with van der Waals surface area (Å²) in [6, 6.07) is 12.1. The van der Waals surface area contributed by atoms with Crippen LogP contribution >= 0.6 is 12.4 Å². The largest absolute Gasteiger partial charge is 0.307 e. The molecule has 1 aromatic carbocycles. The SMILES string of the molecule is Cl.Cn1ccc(-c2nc(-c3ccccc3)nc3c2CNC3)n1. The van der Waals surface area contributed by atoms with Crippen molar-refractivity contribution in [3.8, 4) is 22.8 Å². The van der Waals surface area contributed by atoms with Crippen LogP contribution in [0.25, 0.3) is 22.8 Å². The van der Waals surface area contributed by atoms with Crippen LogP contribution in [0.3, 0.4) is 0 Å². The fourth-order valence-electron chi connectivity index (χ4n) is 2.64. The second-order valence-corrected chi connectivity index (χ2v) is 5.17. The number of halogens is 1. The number of aromatic nitrogens is 4. The van der Waals surface area contributed by atoms with Crippen LogP contribution in [0.15, 0.2) is 42.6 Å². The zero-order valence-electron chi connectivity index (χ0n) is 12.2. The van der Waals surface area contributed by atoms with Crippen molar-refractivity contribution < 1.29 is 0 Å². The molecule has 1 aliphatic rings.